The van der Waals surface area contributed by atoms with E-state index in [2.05, 4.69) is 22.7 Å². The number of carbonyl (C=O) groups excluding carboxylic acids is 3. The number of hydrogen-bond donors (Lipinski definition) is 0. The second-order valence-electron chi connectivity index (χ2n) is 9.67. The molecule has 0 amide bonds. The Bertz CT molecular complexity index is 1790. The Balaban J connectivity index is 1.55. The van der Waals surface area contributed by atoms with E-state index in [1.807, 2.05) is 66.0 Å². The number of hydrogen-bond acceptors (Lipinski definition) is 6. The Kier molecular flexibility index (Phi) is 5.80. The zero-order chi connectivity index (χ0) is 26.6. The Hall–Kier alpha value is -4.36. The third-order valence-corrected chi connectivity index (χ3v) is 7.99. The summed E-state index contributed by atoms with van der Waals surface area (Å²) in [4.78, 5) is 42.5. The maximum absolute atomic E-state index is 13.1. The molecule has 1 atom stereocenters. The monoisotopic (exact) mass is 520 g/mol. The second kappa shape index (κ2) is 9.19. The number of benzene rings is 3. The number of carbonyl (C=O) groups is 3. The Morgan fingerprint density at radius 3 is 2.39 bits per heavy atom. The fraction of sp³-hybridized carbons (Fsp3) is 0.161. The highest BCUT2D eigenvalue weighted by atomic mass is 32.1. The minimum atomic E-state index is -0.469. The summed E-state index contributed by atoms with van der Waals surface area (Å²) in [6.07, 6.45) is 0.512. The molecule has 2 aromatic heterocycles. The fourth-order valence-electron chi connectivity index (χ4n) is 5.24. The number of rotatable bonds is 5. The lowest BCUT2D eigenvalue weighted by atomic mass is 10.00. The Labute approximate surface area is 223 Å². The van der Waals surface area contributed by atoms with Gasteiger partial charge < -0.3 is 9.40 Å². The van der Waals surface area contributed by atoms with Crippen LogP contribution in [-0.4, -0.2) is 27.8 Å². The van der Waals surface area contributed by atoms with E-state index >= 15 is 0 Å². The Morgan fingerprint density at radius 1 is 0.947 bits per heavy atom. The molecule has 0 aliphatic heterocycles. The lowest BCUT2D eigenvalue weighted by molar-refractivity contribution is -0.140. The minimum absolute atomic E-state index is 0.0134. The van der Waals surface area contributed by atoms with Crippen molar-refractivity contribution in [2.24, 2.45) is 5.16 Å². The van der Waals surface area contributed by atoms with Crippen molar-refractivity contribution in [1.82, 2.24) is 4.57 Å². The molecular weight excluding hydrogens is 496 g/mol. The van der Waals surface area contributed by atoms with Crippen LogP contribution in [0.2, 0.25) is 0 Å². The van der Waals surface area contributed by atoms with Gasteiger partial charge in [0.2, 0.25) is 5.78 Å². The zero-order valence-corrected chi connectivity index (χ0v) is 22.0. The molecule has 0 saturated carbocycles. The summed E-state index contributed by atoms with van der Waals surface area (Å²) >= 11 is 1.43. The van der Waals surface area contributed by atoms with Gasteiger partial charge >= 0.3 is 5.97 Å². The lowest BCUT2D eigenvalue weighted by Gasteiger charge is -2.11. The van der Waals surface area contributed by atoms with Crippen LogP contribution in [-0.2, 0) is 9.63 Å². The molecule has 1 unspecified atom stereocenters. The first-order chi connectivity index (χ1) is 18.3. The van der Waals surface area contributed by atoms with E-state index in [1.165, 1.54) is 18.3 Å². The van der Waals surface area contributed by atoms with E-state index in [4.69, 9.17) is 4.84 Å². The zero-order valence-electron chi connectivity index (χ0n) is 21.1. The van der Waals surface area contributed by atoms with Crippen molar-refractivity contribution in [2.45, 2.75) is 33.1 Å². The third kappa shape index (κ3) is 3.96. The summed E-state index contributed by atoms with van der Waals surface area (Å²) in [7, 11) is 0. The molecule has 0 radical (unpaired) electrons. The molecule has 0 fully saturated rings. The van der Waals surface area contributed by atoms with E-state index in [0.717, 1.165) is 44.2 Å². The van der Waals surface area contributed by atoms with Gasteiger partial charge in [-0.3, -0.25) is 9.59 Å². The molecule has 6 rings (SSSR count). The summed E-state index contributed by atoms with van der Waals surface area (Å²) in [5.74, 6) is -0.163. The molecule has 0 saturated heterocycles. The molecule has 0 bridgehead atoms. The predicted octanol–water partition coefficient (Wildman–Crippen LogP) is 7.05. The molecule has 38 heavy (non-hydrogen) atoms. The molecule has 1 aliphatic rings. The summed E-state index contributed by atoms with van der Waals surface area (Å²) < 4.78 is 2.17. The molecule has 2 heterocycles. The van der Waals surface area contributed by atoms with Crippen molar-refractivity contribution >= 4 is 56.4 Å². The molecule has 6 nitrogen and oxygen atoms in total. The van der Waals surface area contributed by atoms with Crippen LogP contribution >= 0.6 is 11.3 Å². The van der Waals surface area contributed by atoms with Crippen molar-refractivity contribution in [3.63, 3.8) is 0 Å². The number of ketones is 2. The number of Topliss-reactive ketones (excluding diaryl/α,β-unsaturated/α-hetero) is 1. The third-order valence-electron chi connectivity index (χ3n) is 7.12. The van der Waals surface area contributed by atoms with Gasteiger partial charge in [0.05, 0.1) is 21.6 Å². The molecule has 0 N–H and O–H groups in total. The van der Waals surface area contributed by atoms with Gasteiger partial charge in [-0.15, -0.1) is 11.3 Å². The lowest BCUT2D eigenvalue weighted by Crippen LogP contribution is -2.01. The number of nitrogens with zero attached hydrogens (tertiary/aromatic N) is 2. The molecular formula is C31H24N2O4S. The van der Waals surface area contributed by atoms with Gasteiger partial charge in [0, 0.05) is 40.9 Å². The summed E-state index contributed by atoms with van der Waals surface area (Å²) in [6, 6.07) is 21.5. The van der Waals surface area contributed by atoms with Crippen LogP contribution in [0.4, 0.5) is 0 Å². The average Bonchev–Trinajstić information content (AvgIpc) is 3.63. The molecule has 3 aromatic carbocycles. The van der Waals surface area contributed by atoms with Gasteiger partial charge in [0.25, 0.3) is 0 Å². The first-order valence-electron chi connectivity index (χ1n) is 12.4. The van der Waals surface area contributed by atoms with Crippen molar-refractivity contribution in [3.8, 4) is 5.69 Å². The van der Waals surface area contributed by atoms with Gasteiger partial charge in [-0.25, -0.2) is 4.79 Å². The molecule has 5 aromatic rings. The number of oxime groups is 1. The largest absolute Gasteiger partial charge is 0.331 e. The topological polar surface area (TPSA) is 77.7 Å². The van der Waals surface area contributed by atoms with Crippen LogP contribution in [0.1, 0.15) is 69.8 Å². The van der Waals surface area contributed by atoms with Crippen molar-refractivity contribution in [1.29, 1.82) is 0 Å². The summed E-state index contributed by atoms with van der Waals surface area (Å²) in [5, 5.41) is 7.65. The standard InChI is InChI=1S/C31H24N2O4S/c1-17-13-29(35)26-15-25-24-14-21(31(36)30-5-4-12-38-30)8-11-27(24)33(28(25)16-23(17)26)22-9-6-20(7-10-22)18(2)32-37-19(3)34/h4-12,14-17H,13H2,1-3H3/b32-18-. The molecule has 188 valence electrons. The van der Waals surface area contributed by atoms with Gasteiger partial charge in [0.1, 0.15) is 0 Å². The van der Waals surface area contributed by atoms with Gasteiger partial charge in [-0.2, -0.15) is 0 Å². The smallest absolute Gasteiger partial charge is 0.318 e. The highest BCUT2D eigenvalue weighted by molar-refractivity contribution is 7.12. The molecule has 7 heteroatoms. The minimum Gasteiger partial charge on any atom is -0.318 e. The van der Waals surface area contributed by atoms with E-state index < -0.39 is 5.97 Å². The van der Waals surface area contributed by atoms with E-state index in [9.17, 15) is 14.4 Å². The first kappa shape index (κ1) is 24.0. The molecule has 0 spiro atoms. The van der Waals surface area contributed by atoms with Crippen LogP contribution in [0.3, 0.4) is 0 Å². The number of fused-ring (bicyclic) bond motifs is 4. The van der Waals surface area contributed by atoms with Gasteiger partial charge in [-0.05, 0) is 77.9 Å². The summed E-state index contributed by atoms with van der Waals surface area (Å²) in [5.41, 5.74) is 6.74. The van der Waals surface area contributed by atoms with Crippen LogP contribution in [0, 0.1) is 0 Å². The second-order valence-corrected chi connectivity index (χ2v) is 10.6. The maximum Gasteiger partial charge on any atom is 0.331 e. The van der Waals surface area contributed by atoms with E-state index in [1.54, 1.807) is 6.92 Å². The van der Waals surface area contributed by atoms with Crippen molar-refractivity contribution in [2.75, 3.05) is 0 Å². The van der Waals surface area contributed by atoms with E-state index in [-0.39, 0.29) is 17.5 Å². The maximum atomic E-state index is 13.1. The highest BCUT2D eigenvalue weighted by Gasteiger charge is 2.28. The Morgan fingerprint density at radius 2 is 1.68 bits per heavy atom. The number of aromatic nitrogens is 1. The number of thiophene rings is 1. The predicted molar refractivity (Wildman–Crippen MR) is 150 cm³/mol. The fourth-order valence-corrected chi connectivity index (χ4v) is 5.92. The van der Waals surface area contributed by atoms with Crippen LogP contribution in [0.5, 0.6) is 0 Å². The summed E-state index contributed by atoms with van der Waals surface area (Å²) in [6.45, 7) is 5.18. The van der Waals surface area contributed by atoms with Crippen molar-refractivity contribution < 1.29 is 19.2 Å². The van der Waals surface area contributed by atoms with Crippen LogP contribution < -0.4 is 0 Å². The van der Waals surface area contributed by atoms with Crippen LogP contribution in [0.25, 0.3) is 27.5 Å². The van der Waals surface area contributed by atoms with E-state index in [0.29, 0.717) is 22.6 Å². The SMILES string of the molecule is CC(=O)O/N=C(/C)c1ccc(-n2c3ccc(C(=O)c4cccs4)cc3c3cc4c(cc32)C(C)CC4=O)cc1. The van der Waals surface area contributed by atoms with Gasteiger partial charge in [0.15, 0.2) is 5.78 Å². The van der Waals surface area contributed by atoms with Crippen molar-refractivity contribution in [3.05, 3.63) is 99.2 Å². The average molecular weight is 521 g/mol. The van der Waals surface area contributed by atoms with Gasteiger partial charge in [-0.1, -0.05) is 30.3 Å². The quantitative estimate of drug-likeness (QED) is 0.108. The normalized spacial score (nSPS) is 15.3. The highest BCUT2D eigenvalue weighted by Crippen LogP contribution is 2.40. The first-order valence-corrected chi connectivity index (χ1v) is 13.3. The molecule has 1 aliphatic carbocycles. The van der Waals surface area contributed by atoms with Crippen LogP contribution in [0.15, 0.2) is 77.3 Å².